The second kappa shape index (κ2) is 4.74. The molecule has 0 fully saturated rings. The number of H-pyrrole nitrogens is 1. The van der Waals surface area contributed by atoms with Crippen LogP contribution in [0.1, 0.15) is 11.1 Å². The highest BCUT2D eigenvalue weighted by molar-refractivity contribution is 8.93. The zero-order valence-electron chi connectivity index (χ0n) is 11.8. The minimum atomic E-state index is 0. The summed E-state index contributed by atoms with van der Waals surface area (Å²) < 4.78 is 0. The van der Waals surface area contributed by atoms with Gasteiger partial charge < -0.3 is 10.1 Å². The Morgan fingerprint density at radius 2 is 1.81 bits per heavy atom. The summed E-state index contributed by atoms with van der Waals surface area (Å²) in [6.45, 7) is 4.24. The maximum absolute atomic E-state index is 9.76. The molecule has 0 spiro atoms. The zero-order chi connectivity index (χ0) is 13.9. The largest absolute Gasteiger partial charge is 0.508 e. The van der Waals surface area contributed by atoms with Gasteiger partial charge in [0.25, 0.3) is 0 Å². The van der Waals surface area contributed by atoms with Gasteiger partial charge in [0.2, 0.25) is 0 Å². The quantitative estimate of drug-likeness (QED) is 0.483. The summed E-state index contributed by atoms with van der Waals surface area (Å²) in [5.41, 5.74) is 4.61. The molecule has 4 aromatic rings. The topological polar surface area (TPSA) is 48.9 Å². The van der Waals surface area contributed by atoms with Gasteiger partial charge in [-0.2, -0.15) is 0 Å². The van der Waals surface area contributed by atoms with Gasteiger partial charge in [-0.25, -0.2) is 0 Å². The molecule has 0 aliphatic heterocycles. The maximum Gasteiger partial charge on any atom is 0.116 e. The van der Waals surface area contributed by atoms with E-state index < -0.39 is 0 Å². The standard InChI is InChI=1S/C17H14N2O.BrH/c1-9-14-8-18-6-5-12(14)10(2)17-16(9)13-7-11(20)3-4-15(13)19-17;/h3-8,19-20H,1-2H3;1H. The Hall–Kier alpha value is -2.07. The van der Waals surface area contributed by atoms with Crippen molar-refractivity contribution in [3.05, 3.63) is 47.8 Å². The van der Waals surface area contributed by atoms with Crippen LogP contribution in [0.25, 0.3) is 32.6 Å². The molecule has 106 valence electrons. The van der Waals surface area contributed by atoms with Crippen LogP contribution in [0.3, 0.4) is 0 Å². The lowest BCUT2D eigenvalue weighted by atomic mass is 9.97. The molecule has 2 aromatic carbocycles. The number of phenolic OH excluding ortho intramolecular Hbond substituents is 1. The van der Waals surface area contributed by atoms with Crippen molar-refractivity contribution in [3.63, 3.8) is 0 Å². The van der Waals surface area contributed by atoms with Crippen molar-refractivity contribution in [2.24, 2.45) is 0 Å². The molecule has 0 unspecified atom stereocenters. The lowest BCUT2D eigenvalue weighted by Crippen LogP contribution is -1.87. The van der Waals surface area contributed by atoms with Crippen LogP contribution in [0.4, 0.5) is 0 Å². The second-order valence-electron chi connectivity index (χ2n) is 5.28. The molecular weight excluding hydrogens is 328 g/mol. The lowest BCUT2D eigenvalue weighted by Gasteiger charge is -2.08. The smallest absolute Gasteiger partial charge is 0.116 e. The molecule has 3 nitrogen and oxygen atoms in total. The highest BCUT2D eigenvalue weighted by Crippen LogP contribution is 2.37. The van der Waals surface area contributed by atoms with E-state index in [1.165, 1.54) is 27.3 Å². The molecule has 0 bridgehead atoms. The average molecular weight is 343 g/mol. The molecule has 0 saturated heterocycles. The molecule has 4 rings (SSSR count). The summed E-state index contributed by atoms with van der Waals surface area (Å²) in [4.78, 5) is 7.72. The van der Waals surface area contributed by atoms with Crippen LogP contribution in [0.15, 0.2) is 36.7 Å². The number of fused-ring (bicyclic) bond motifs is 4. The first kappa shape index (κ1) is 13.9. The number of rotatable bonds is 0. The van der Waals surface area contributed by atoms with Gasteiger partial charge in [0.1, 0.15) is 5.75 Å². The van der Waals surface area contributed by atoms with Crippen LogP contribution in [0, 0.1) is 13.8 Å². The normalized spacial score (nSPS) is 11.1. The number of hydrogen-bond donors (Lipinski definition) is 2. The first-order valence-corrected chi connectivity index (χ1v) is 6.64. The van der Waals surface area contributed by atoms with Gasteiger partial charge in [0.05, 0.1) is 5.52 Å². The van der Waals surface area contributed by atoms with Gasteiger partial charge in [-0.1, -0.05) is 0 Å². The van der Waals surface area contributed by atoms with Crippen molar-refractivity contribution < 1.29 is 5.11 Å². The monoisotopic (exact) mass is 342 g/mol. The van der Waals surface area contributed by atoms with Crippen molar-refractivity contribution in [1.82, 2.24) is 9.97 Å². The van der Waals surface area contributed by atoms with Crippen molar-refractivity contribution in [2.45, 2.75) is 13.8 Å². The summed E-state index contributed by atoms with van der Waals surface area (Å²) in [5.74, 6) is 0.293. The molecule has 0 saturated carbocycles. The van der Waals surface area contributed by atoms with Gasteiger partial charge in [-0.15, -0.1) is 17.0 Å². The van der Waals surface area contributed by atoms with E-state index >= 15 is 0 Å². The number of aromatic nitrogens is 2. The third-order valence-corrected chi connectivity index (χ3v) is 4.16. The fourth-order valence-electron chi connectivity index (χ4n) is 3.14. The summed E-state index contributed by atoms with van der Waals surface area (Å²) in [5, 5.41) is 14.4. The summed E-state index contributed by atoms with van der Waals surface area (Å²) in [6, 6.07) is 7.51. The van der Waals surface area contributed by atoms with Gasteiger partial charge in [0.15, 0.2) is 0 Å². The molecule has 0 aliphatic carbocycles. The van der Waals surface area contributed by atoms with E-state index in [0.717, 1.165) is 16.4 Å². The van der Waals surface area contributed by atoms with E-state index in [2.05, 4.69) is 29.9 Å². The van der Waals surface area contributed by atoms with E-state index in [4.69, 9.17) is 0 Å². The number of nitrogens with one attached hydrogen (secondary N) is 1. The zero-order valence-corrected chi connectivity index (χ0v) is 13.5. The minimum absolute atomic E-state index is 0. The molecule has 0 aliphatic rings. The van der Waals surface area contributed by atoms with E-state index in [0.29, 0.717) is 5.75 Å². The number of phenols is 1. The van der Waals surface area contributed by atoms with Crippen LogP contribution in [0.5, 0.6) is 5.75 Å². The molecule has 4 heteroatoms. The van der Waals surface area contributed by atoms with Gasteiger partial charge in [-0.05, 0) is 54.6 Å². The first-order chi connectivity index (χ1) is 9.66. The van der Waals surface area contributed by atoms with E-state index in [1.54, 1.807) is 6.07 Å². The fraction of sp³-hybridized carbons (Fsp3) is 0.118. The number of aromatic amines is 1. The Bertz CT molecular complexity index is 989. The number of aryl methyl sites for hydroxylation is 2. The van der Waals surface area contributed by atoms with Crippen LogP contribution in [-0.4, -0.2) is 15.1 Å². The molecule has 2 N–H and O–H groups in total. The predicted octanol–water partition coefficient (Wildman–Crippen LogP) is 4.77. The molecule has 2 heterocycles. The maximum atomic E-state index is 9.76. The number of pyridine rings is 1. The molecule has 0 atom stereocenters. The Kier molecular flexibility index (Phi) is 3.14. The van der Waals surface area contributed by atoms with Crippen LogP contribution in [0.2, 0.25) is 0 Å². The lowest BCUT2D eigenvalue weighted by molar-refractivity contribution is 0.476. The third-order valence-electron chi connectivity index (χ3n) is 4.16. The number of benzene rings is 2. The fourth-order valence-corrected chi connectivity index (χ4v) is 3.14. The van der Waals surface area contributed by atoms with Crippen LogP contribution in [-0.2, 0) is 0 Å². The van der Waals surface area contributed by atoms with Gasteiger partial charge >= 0.3 is 0 Å². The third kappa shape index (κ3) is 1.83. The molecular formula is C17H15BrN2O. The Morgan fingerprint density at radius 1 is 1.00 bits per heavy atom. The summed E-state index contributed by atoms with van der Waals surface area (Å²) in [6.07, 6.45) is 3.74. The number of nitrogens with zero attached hydrogens (tertiary/aromatic N) is 1. The molecule has 21 heavy (non-hydrogen) atoms. The number of aromatic hydroxyl groups is 1. The average Bonchev–Trinajstić information content (AvgIpc) is 2.84. The molecule has 2 aromatic heterocycles. The van der Waals surface area contributed by atoms with Crippen molar-refractivity contribution >= 4 is 49.6 Å². The van der Waals surface area contributed by atoms with E-state index in [-0.39, 0.29) is 17.0 Å². The minimum Gasteiger partial charge on any atom is -0.508 e. The molecule has 0 radical (unpaired) electrons. The van der Waals surface area contributed by atoms with E-state index in [1.807, 2.05) is 24.5 Å². The summed E-state index contributed by atoms with van der Waals surface area (Å²) in [7, 11) is 0. The first-order valence-electron chi connectivity index (χ1n) is 6.64. The Morgan fingerprint density at radius 3 is 2.62 bits per heavy atom. The van der Waals surface area contributed by atoms with Crippen molar-refractivity contribution in [3.8, 4) is 5.75 Å². The highest BCUT2D eigenvalue weighted by Gasteiger charge is 2.14. The highest BCUT2D eigenvalue weighted by atomic mass is 79.9. The number of hydrogen-bond acceptors (Lipinski definition) is 2. The predicted molar refractivity (Wildman–Crippen MR) is 92.6 cm³/mol. The Labute approximate surface area is 132 Å². The van der Waals surface area contributed by atoms with Crippen molar-refractivity contribution in [1.29, 1.82) is 0 Å². The number of halogens is 1. The molecule has 0 amide bonds. The van der Waals surface area contributed by atoms with Gasteiger partial charge in [-0.3, -0.25) is 4.98 Å². The van der Waals surface area contributed by atoms with Crippen molar-refractivity contribution in [2.75, 3.05) is 0 Å². The van der Waals surface area contributed by atoms with Crippen LogP contribution >= 0.6 is 17.0 Å². The summed E-state index contributed by atoms with van der Waals surface area (Å²) >= 11 is 0. The van der Waals surface area contributed by atoms with Gasteiger partial charge in [0, 0.05) is 34.1 Å². The van der Waals surface area contributed by atoms with E-state index in [9.17, 15) is 5.11 Å². The second-order valence-corrected chi connectivity index (χ2v) is 5.28. The SMILES string of the molecule is Br.Cc1c2ccncc2c(C)c2c1[nH]c1ccc(O)cc12. The van der Waals surface area contributed by atoms with Crippen LogP contribution < -0.4 is 0 Å². The Balaban J connectivity index is 0.00000132.